The molecule has 0 spiro atoms. The fraction of sp³-hybridized carbons (Fsp3) is 0.207. The van der Waals surface area contributed by atoms with Gasteiger partial charge in [0.05, 0.1) is 35.3 Å². The van der Waals surface area contributed by atoms with Gasteiger partial charge in [0.2, 0.25) is 5.91 Å². The van der Waals surface area contributed by atoms with Gasteiger partial charge in [-0.3, -0.25) is 19.5 Å². The van der Waals surface area contributed by atoms with Gasteiger partial charge in [-0.15, -0.1) is 0 Å². The molecule has 230 valence electrons. The van der Waals surface area contributed by atoms with Crippen LogP contribution in [0.3, 0.4) is 0 Å². The molecule has 44 heavy (non-hydrogen) atoms. The molecule has 0 saturated carbocycles. The van der Waals surface area contributed by atoms with E-state index < -0.39 is 51.3 Å². The van der Waals surface area contributed by atoms with E-state index in [9.17, 15) is 31.2 Å². The number of ether oxygens (including phenoxy) is 1. The van der Waals surface area contributed by atoms with Crippen LogP contribution in [0.4, 0.5) is 29.3 Å². The molecule has 0 fully saturated rings. The van der Waals surface area contributed by atoms with E-state index in [1.165, 1.54) is 18.2 Å². The van der Waals surface area contributed by atoms with Crippen molar-refractivity contribution in [3.05, 3.63) is 101 Å². The molecule has 4 N–H and O–H groups in total. The van der Waals surface area contributed by atoms with Gasteiger partial charge >= 0.3 is 12.3 Å². The van der Waals surface area contributed by atoms with Gasteiger partial charge in [-0.1, -0.05) is 36.4 Å². The average Bonchev–Trinajstić information content (AvgIpc) is 3.42. The Hall–Kier alpha value is -5.05. The number of sulfonamides is 1. The van der Waals surface area contributed by atoms with E-state index in [2.05, 4.69) is 20.8 Å². The molecule has 1 aromatic heterocycles. The molecule has 0 bridgehead atoms. The first kappa shape index (κ1) is 30.4. The number of anilines is 2. The summed E-state index contributed by atoms with van der Waals surface area (Å²) < 4.78 is 74.3. The predicted octanol–water partition coefficient (Wildman–Crippen LogP) is 4.77. The highest BCUT2D eigenvalue weighted by atomic mass is 32.2. The number of nitrogens with zero attached hydrogens (tertiary/aromatic N) is 2. The summed E-state index contributed by atoms with van der Waals surface area (Å²) in [4.78, 5) is 23.5. The van der Waals surface area contributed by atoms with Gasteiger partial charge in [0, 0.05) is 29.9 Å². The molecule has 15 heteroatoms. The van der Waals surface area contributed by atoms with E-state index in [0.29, 0.717) is 12.5 Å². The number of nitrogens with one attached hydrogen (secondary N) is 3. The van der Waals surface area contributed by atoms with Crippen LogP contribution >= 0.6 is 0 Å². The maximum absolute atomic E-state index is 13.7. The Morgan fingerprint density at radius 1 is 1.07 bits per heavy atom. The minimum atomic E-state index is -4.79. The predicted molar refractivity (Wildman–Crippen MR) is 153 cm³/mol. The zero-order valence-corrected chi connectivity index (χ0v) is 23.7. The molecule has 0 radical (unpaired) electrons. The lowest BCUT2D eigenvalue weighted by molar-refractivity contribution is -0.137. The third-order valence-corrected chi connectivity index (χ3v) is 8.59. The largest absolute Gasteiger partial charge is 0.486 e. The summed E-state index contributed by atoms with van der Waals surface area (Å²) in [5, 5.41) is 21.0. The molecule has 1 atom stereocenters. The summed E-state index contributed by atoms with van der Waals surface area (Å²) in [5.41, 5.74) is 1.35. The molecule has 2 heterocycles. The van der Waals surface area contributed by atoms with Crippen molar-refractivity contribution in [2.75, 3.05) is 16.2 Å². The first-order chi connectivity index (χ1) is 20.9. The summed E-state index contributed by atoms with van der Waals surface area (Å²) in [7, 11) is -4.62. The van der Waals surface area contributed by atoms with Crippen LogP contribution in [0.2, 0.25) is 0 Å². The van der Waals surface area contributed by atoms with Crippen LogP contribution in [0.15, 0.2) is 83.9 Å². The minimum Gasteiger partial charge on any atom is -0.486 e. The van der Waals surface area contributed by atoms with Crippen LogP contribution in [0.5, 0.6) is 5.75 Å². The third-order valence-electron chi connectivity index (χ3n) is 6.81. The zero-order chi connectivity index (χ0) is 31.5. The van der Waals surface area contributed by atoms with Crippen LogP contribution in [0.1, 0.15) is 28.8 Å². The summed E-state index contributed by atoms with van der Waals surface area (Å²) in [6.45, 7) is -0.294. The lowest BCUT2D eigenvalue weighted by Gasteiger charge is -2.35. The Kier molecular flexibility index (Phi) is 8.49. The molecule has 1 unspecified atom stereocenters. The Bertz CT molecular complexity index is 1780. The molecule has 0 aliphatic carbocycles. The fourth-order valence-electron chi connectivity index (χ4n) is 4.72. The number of benzene rings is 3. The van der Waals surface area contributed by atoms with Crippen molar-refractivity contribution in [2.24, 2.45) is 0 Å². The van der Waals surface area contributed by atoms with Gasteiger partial charge in [0.1, 0.15) is 11.9 Å². The number of alkyl halides is 3. The maximum Gasteiger partial charge on any atom is 0.416 e. The zero-order valence-electron chi connectivity index (χ0n) is 22.8. The van der Waals surface area contributed by atoms with Crippen LogP contribution in [-0.2, 0) is 34.0 Å². The van der Waals surface area contributed by atoms with E-state index in [1.807, 2.05) is 30.3 Å². The van der Waals surface area contributed by atoms with Crippen molar-refractivity contribution in [3.63, 3.8) is 0 Å². The highest BCUT2D eigenvalue weighted by molar-refractivity contribution is 7.92. The number of carbonyl (C=O) groups excluding carboxylic acids is 1. The van der Waals surface area contributed by atoms with Crippen LogP contribution in [0, 0.1) is 0 Å². The van der Waals surface area contributed by atoms with E-state index in [-0.39, 0.29) is 30.1 Å². The highest BCUT2D eigenvalue weighted by Gasteiger charge is 2.37. The summed E-state index contributed by atoms with van der Waals surface area (Å²) in [5.74, 6) is -0.466. The van der Waals surface area contributed by atoms with E-state index in [4.69, 9.17) is 9.84 Å². The van der Waals surface area contributed by atoms with Crippen molar-refractivity contribution in [3.8, 4) is 5.75 Å². The van der Waals surface area contributed by atoms with Crippen LogP contribution in [0.25, 0.3) is 0 Å². The number of halogens is 3. The van der Waals surface area contributed by atoms with Crippen LogP contribution in [-0.4, -0.2) is 48.4 Å². The summed E-state index contributed by atoms with van der Waals surface area (Å²) in [6.07, 6.45) is -5.34. The molecule has 1 aliphatic rings. The number of aromatic amines is 1. The second kappa shape index (κ2) is 12.3. The maximum atomic E-state index is 13.7. The molecule has 3 aromatic carbocycles. The fourth-order valence-corrected chi connectivity index (χ4v) is 6.27. The smallest absolute Gasteiger partial charge is 0.416 e. The number of H-pyrrole nitrogens is 1. The number of carbonyl (C=O) groups is 2. The van der Waals surface area contributed by atoms with Gasteiger partial charge < -0.3 is 15.2 Å². The number of fused-ring (bicyclic) bond motifs is 1. The van der Waals surface area contributed by atoms with Crippen molar-refractivity contribution in [1.82, 2.24) is 15.5 Å². The van der Waals surface area contributed by atoms with Crippen LogP contribution < -0.4 is 19.7 Å². The highest BCUT2D eigenvalue weighted by Crippen LogP contribution is 2.40. The second-order valence-corrected chi connectivity index (χ2v) is 11.8. The number of carboxylic acid groups (broad SMARTS) is 1. The molecular formula is C29H26F3N5O6S. The topological polar surface area (TPSA) is 154 Å². The van der Waals surface area contributed by atoms with Gasteiger partial charge in [-0.25, -0.2) is 13.2 Å². The normalized spacial score (nSPS) is 14.8. The minimum absolute atomic E-state index is 0.000483. The van der Waals surface area contributed by atoms with Gasteiger partial charge in [-0.2, -0.15) is 18.3 Å². The molecule has 4 aromatic rings. The Balaban J connectivity index is 1.36. The quantitative estimate of drug-likeness (QED) is 0.208. The van der Waals surface area contributed by atoms with Crippen molar-refractivity contribution < 1.29 is 41.0 Å². The molecule has 11 nitrogen and oxygen atoms in total. The Morgan fingerprint density at radius 2 is 1.84 bits per heavy atom. The number of aromatic nitrogens is 2. The molecule has 2 amide bonds. The Morgan fingerprint density at radius 3 is 2.57 bits per heavy atom. The summed E-state index contributed by atoms with van der Waals surface area (Å²) >= 11 is 0. The second-order valence-electron chi connectivity index (χ2n) is 9.93. The number of amides is 2. The van der Waals surface area contributed by atoms with Gasteiger partial charge in [-0.05, 0) is 42.0 Å². The van der Waals surface area contributed by atoms with Crippen molar-refractivity contribution in [2.45, 2.75) is 36.6 Å². The van der Waals surface area contributed by atoms with E-state index in [1.54, 1.807) is 6.20 Å². The van der Waals surface area contributed by atoms with E-state index in [0.717, 1.165) is 39.3 Å². The first-order valence-electron chi connectivity index (χ1n) is 13.2. The monoisotopic (exact) mass is 629 g/mol. The molecule has 1 aliphatic heterocycles. The van der Waals surface area contributed by atoms with E-state index >= 15 is 0 Å². The van der Waals surface area contributed by atoms with Crippen molar-refractivity contribution in [1.29, 1.82) is 0 Å². The molecule has 0 saturated heterocycles. The molecular weight excluding hydrogens is 603 g/mol. The standard InChI is InChI=1S/C29H26F3N5O6S/c30-29(31,32)20-7-4-8-23(12-20)44(41,42)37-17-22(43-26-10-9-21(13-25(26)37)35-28(39)40)14-27(38)33-15-19-16-34-36-24(19)11-18-5-2-1-3-6-18/h1-10,12-13,16,22,35H,11,14-15,17H2,(H,33,38)(H,34,36)(H,39,40). The van der Waals surface area contributed by atoms with Gasteiger partial charge in [0.25, 0.3) is 10.0 Å². The first-order valence-corrected chi connectivity index (χ1v) is 14.7. The lowest BCUT2D eigenvalue weighted by Crippen LogP contribution is -2.45. The lowest BCUT2D eigenvalue weighted by atomic mass is 10.1. The summed E-state index contributed by atoms with van der Waals surface area (Å²) in [6, 6.07) is 16.8. The number of hydrogen-bond donors (Lipinski definition) is 4. The van der Waals surface area contributed by atoms with Crippen molar-refractivity contribution >= 4 is 33.4 Å². The average molecular weight is 630 g/mol. The molecule has 5 rings (SSSR count). The third kappa shape index (κ3) is 6.94. The SMILES string of the molecule is O=C(O)Nc1ccc2c(c1)N(S(=O)(=O)c1cccc(C(F)(F)F)c1)CC(CC(=O)NCc1cn[nH]c1Cc1ccccc1)O2. The number of rotatable bonds is 9. The van der Waals surface area contributed by atoms with Gasteiger partial charge in [0.15, 0.2) is 0 Å². The Labute approximate surface area is 249 Å². The number of hydrogen-bond acceptors (Lipinski definition) is 6.